The normalized spacial score (nSPS) is 16.1. The summed E-state index contributed by atoms with van der Waals surface area (Å²) < 4.78 is 26.8. The minimum Gasteiger partial charge on any atom is -0.324 e. The van der Waals surface area contributed by atoms with E-state index in [2.05, 4.69) is 4.98 Å². The Bertz CT molecular complexity index is 687. The van der Waals surface area contributed by atoms with Crippen molar-refractivity contribution < 1.29 is 8.60 Å². The molecule has 0 aliphatic carbocycles. The van der Waals surface area contributed by atoms with Crippen molar-refractivity contribution in [1.82, 2.24) is 9.55 Å². The second-order valence-corrected chi connectivity index (χ2v) is 7.74. The minimum atomic E-state index is -0.860. The first-order valence-corrected chi connectivity index (χ1v) is 9.16. The Hall–Kier alpha value is -0.650. The van der Waals surface area contributed by atoms with E-state index in [1.807, 2.05) is 18.4 Å². The van der Waals surface area contributed by atoms with Crippen molar-refractivity contribution in [3.8, 4) is 0 Å². The van der Waals surface area contributed by atoms with Gasteiger partial charge in [0.05, 0.1) is 21.4 Å². The molecule has 0 aliphatic heterocycles. The molecule has 1 heterocycles. The van der Waals surface area contributed by atoms with E-state index in [0.29, 0.717) is 17.1 Å². The Labute approximate surface area is 135 Å². The molecular weight excluding hydrogens is 334 g/mol. The van der Waals surface area contributed by atoms with Gasteiger partial charge in [-0.25, -0.2) is 9.37 Å². The van der Waals surface area contributed by atoms with Crippen LogP contribution in [0.15, 0.2) is 12.1 Å². The van der Waals surface area contributed by atoms with Crippen LogP contribution in [0, 0.1) is 5.82 Å². The van der Waals surface area contributed by atoms with E-state index in [-0.39, 0.29) is 16.4 Å². The quantitative estimate of drug-likeness (QED) is 0.746. The van der Waals surface area contributed by atoms with Crippen molar-refractivity contribution in [1.29, 1.82) is 0 Å². The van der Waals surface area contributed by atoms with Crippen LogP contribution in [0.4, 0.5) is 4.39 Å². The van der Waals surface area contributed by atoms with Crippen molar-refractivity contribution in [2.24, 2.45) is 0 Å². The summed E-state index contributed by atoms with van der Waals surface area (Å²) in [5.41, 5.74) is 1.28. The second kappa shape index (κ2) is 6.63. The van der Waals surface area contributed by atoms with Crippen LogP contribution in [-0.4, -0.2) is 25.8 Å². The summed E-state index contributed by atoms with van der Waals surface area (Å²) in [5.74, 6) is 0.763. The fourth-order valence-corrected chi connectivity index (χ4v) is 3.30. The van der Waals surface area contributed by atoms with E-state index in [4.69, 9.17) is 23.2 Å². The van der Waals surface area contributed by atoms with E-state index in [0.717, 1.165) is 11.9 Å². The summed E-state index contributed by atoms with van der Waals surface area (Å²) in [7, 11) is -0.860. The Balaban J connectivity index is 2.55. The number of hydrogen-bond acceptors (Lipinski definition) is 2. The predicted molar refractivity (Wildman–Crippen MR) is 87.2 cm³/mol. The lowest BCUT2D eigenvalue weighted by atomic mass is 10.2. The molecule has 2 aromatic rings. The van der Waals surface area contributed by atoms with Gasteiger partial charge in [0.25, 0.3) is 0 Å². The smallest absolute Gasteiger partial charge is 0.144 e. The highest BCUT2D eigenvalue weighted by molar-refractivity contribution is 7.84. The predicted octanol–water partition coefficient (Wildman–Crippen LogP) is 4.46. The largest absolute Gasteiger partial charge is 0.324 e. The maximum atomic E-state index is 13.6. The minimum absolute atomic E-state index is 0.0524. The van der Waals surface area contributed by atoms with Crippen molar-refractivity contribution in [3.63, 3.8) is 0 Å². The molecule has 0 saturated heterocycles. The number of imidazole rings is 1. The molecule has 7 heteroatoms. The van der Waals surface area contributed by atoms with Gasteiger partial charge in [0.15, 0.2) is 0 Å². The number of hydrogen-bond donors (Lipinski definition) is 0. The van der Waals surface area contributed by atoms with Crippen molar-refractivity contribution >= 4 is 45.0 Å². The molecule has 2 rings (SSSR count). The Morgan fingerprint density at radius 1 is 1.43 bits per heavy atom. The van der Waals surface area contributed by atoms with Crippen molar-refractivity contribution in [2.75, 3.05) is 12.0 Å². The zero-order valence-electron chi connectivity index (χ0n) is 12.1. The zero-order valence-corrected chi connectivity index (χ0v) is 14.4. The summed E-state index contributed by atoms with van der Waals surface area (Å²) >= 11 is 12.1. The molecule has 116 valence electrons. The first kappa shape index (κ1) is 16.7. The summed E-state index contributed by atoms with van der Waals surface area (Å²) in [5, 5.41) is -0.252. The first-order chi connectivity index (χ1) is 9.81. The van der Waals surface area contributed by atoms with E-state index in [1.165, 1.54) is 6.07 Å². The SMILES string of the molecule is CC(Cl)c1nc2cc(F)c(Cl)cc2n1C(C)CCS(C)=O. The van der Waals surface area contributed by atoms with Gasteiger partial charge in [0.1, 0.15) is 11.6 Å². The van der Waals surface area contributed by atoms with E-state index >= 15 is 0 Å². The van der Waals surface area contributed by atoms with Crippen molar-refractivity contribution in [2.45, 2.75) is 31.7 Å². The summed E-state index contributed by atoms with van der Waals surface area (Å²) in [6, 6.07) is 2.94. The molecule has 21 heavy (non-hydrogen) atoms. The van der Waals surface area contributed by atoms with Crippen LogP contribution in [0.2, 0.25) is 5.02 Å². The maximum absolute atomic E-state index is 13.6. The number of aromatic nitrogens is 2. The van der Waals surface area contributed by atoms with Gasteiger partial charge < -0.3 is 4.57 Å². The number of nitrogens with zero attached hydrogens (tertiary/aromatic N) is 2. The molecule has 0 radical (unpaired) electrons. The molecule has 0 amide bonds. The molecule has 3 unspecified atom stereocenters. The van der Waals surface area contributed by atoms with E-state index in [1.54, 1.807) is 12.3 Å². The molecule has 0 aliphatic rings. The standard InChI is InChI=1S/C14H17Cl2FN2OS/c1-8(4-5-21(3)20)19-13-6-10(16)11(17)7-12(13)18-14(19)9(2)15/h6-9H,4-5H2,1-3H3. The maximum Gasteiger partial charge on any atom is 0.144 e. The fourth-order valence-electron chi connectivity index (χ4n) is 2.32. The summed E-state index contributed by atoms with van der Waals surface area (Å²) in [6.45, 7) is 3.83. The van der Waals surface area contributed by atoms with Crippen LogP contribution >= 0.6 is 23.2 Å². The van der Waals surface area contributed by atoms with Gasteiger partial charge in [0, 0.05) is 34.9 Å². The molecule has 1 aromatic carbocycles. The van der Waals surface area contributed by atoms with Gasteiger partial charge in [-0.2, -0.15) is 0 Å². The highest BCUT2D eigenvalue weighted by Crippen LogP contribution is 2.31. The zero-order chi connectivity index (χ0) is 15.7. The van der Waals surface area contributed by atoms with E-state index < -0.39 is 16.6 Å². The fraction of sp³-hybridized carbons (Fsp3) is 0.500. The average Bonchev–Trinajstić information content (AvgIpc) is 2.75. The average molecular weight is 351 g/mol. The lowest BCUT2D eigenvalue weighted by Gasteiger charge is -2.18. The third-order valence-corrected chi connectivity index (χ3v) is 4.67. The van der Waals surface area contributed by atoms with Gasteiger partial charge in [-0.3, -0.25) is 4.21 Å². The Morgan fingerprint density at radius 3 is 2.67 bits per heavy atom. The molecule has 3 nitrogen and oxygen atoms in total. The van der Waals surface area contributed by atoms with E-state index in [9.17, 15) is 8.60 Å². The first-order valence-electron chi connectivity index (χ1n) is 6.62. The second-order valence-electron chi connectivity index (χ2n) is 5.13. The molecule has 0 bridgehead atoms. The molecule has 0 spiro atoms. The van der Waals surface area contributed by atoms with Crippen LogP contribution < -0.4 is 0 Å². The van der Waals surface area contributed by atoms with Crippen LogP contribution in [0.3, 0.4) is 0 Å². The van der Waals surface area contributed by atoms with Crippen LogP contribution in [0.25, 0.3) is 11.0 Å². The van der Waals surface area contributed by atoms with Gasteiger partial charge in [-0.15, -0.1) is 11.6 Å². The number of rotatable bonds is 5. The number of alkyl halides is 1. The third-order valence-electron chi connectivity index (χ3n) is 3.38. The highest BCUT2D eigenvalue weighted by Gasteiger charge is 2.20. The Kier molecular flexibility index (Phi) is 5.28. The molecule has 0 saturated carbocycles. The summed E-state index contributed by atoms with van der Waals surface area (Å²) in [4.78, 5) is 4.42. The molecule has 1 aromatic heterocycles. The van der Waals surface area contributed by atoms with Crippen LogP contribution in [0.1, 0.15) is 37.5 Å². The summed E-state index contributed by atoms with van der Waals surface area (Å²) in [6.07, 6.45) is 2.40. The van der Waals surface area contributed by atoms with Gasteiger partial charge in [-0.05, 0) is 26.3 Å². The monoisotopic (exact) mass is 350 g/mol. The molecule has 0 fully saturated rings. The van der Waals surface area contributed by atoms with Crippen LogP contribution in [0.5, 0.6) is 0 Å². The molecular formula is C14H17Cl2FN2OS. The van der Waals surface area contributed by atoms with Gasteiger partial charge in [-0.1, -0.05) is 11.6 Å². The lowest BCUT2D eigenvalue weighted by Crippen LogP contribution is -2.12. The third kappa shape index (κ3) is 3.58. The highest BCUT2D eigenvalue weighted by atomic mass is 35.5. The Morgan fingerprint density at radius 2 is 2.10 bits per heavy atom. The van der Waals surface area contributed by atoms with Gasteiger partial charge in [0.2, 0.25) is 0 Å². The molecule has 3 atom stereocenters. The van der Waals surface area contributed by atoms with Crippen molar-refractivity contribution in [3.05, 3.63) is 28.8 Å². The van der Waals surface area contributed by atoms with Crippen LogP contribution in [-0.2, 0) is 10.8 Å². The topological polar surface area (TPSA) is 34.9 Å². The van der Waals surface area contributed by atoms with Gasteiger partial charge >= 0.3 is 0 Å². The number of benzene rings is 1. The lowest BCUT2D eigenvalue weighted by molar-refractivity contribution is 0.523. The molecule has 0 N–H and O–H groups in total. The number of fused-ring (bicyclic) bond motifs is 1. The number of halogens is 3.